The van der Waals surface area contributed by atoms with Gasteiger partial charge in [-0.15, -0.1) is 0 Å². The number of halogens is 1. The molecule has 112 valence electrons. The van der Waals surface area contributed by atoms with E-state index >= 15 is 0 Å². The first kappa shape index (κ1) is 14.7. The summed E-state index contributed by atoms with van der Waals surface area (Å²) in [6, 6.07) is 10.3. The summed E-state index contributed by atoms with van der Waals surface area (Å²) in [6.45, 7) is 0.219. The zero-order chi connectivity index (χ0) is 15.7. The molecule has 1 aliphatic rings. The van der Waals surface area contributed by atoms with Gasteiger partial charge in [0.05, 0.1) is 12.7 Å². The maximum atomic E-state index is 12.5. The van der Waals surface area contributed by atoms with E-state index in [2.05, 4.69) is 15.9 Å². The van der Waals surface area contributed by atoms with Gasteiger partial charge in [-0.25, -0.2) is 0 Å². The first-order chi connectivity index (χ1) is 10.6. The molecule has 5 heteroatoms. The lowest BCUT2D eigenvalue weighted by molar-refractivity contribution is 0.100. The van der Waals surface area contributed by atoms with Gasteiger partial charge in [0, 0.05) is 10.0 Å². The number of methoxy groups -OCH3 is 1. The van der Waals surface area contributed by atoms with Crippen LogP contribution in [0.5, 0.6) is 17.2 Å². The first-order valence-electron chi connectivity index (χ1n) is 6.63. The third-order valence-corrected chi connectivity index (χ3v) is 3.90. The molecule has 0 saturated carbocycles. The summed E-state index contributed by atoms with van der Waals surface area (Å²) in [5, 5.41) is 9.61. The Kier molecular flexibility index (Phi) is 3.90. The second-order valence-corrected chi connectivity index (χ2v) is 5.77. The molecule has 0 aliphatic carbocycles. The van der Waals surface area contributed by atoms with E-state index < -0.39 is 0 Å². The molecule has 1 heterocycles. The smallest absolute Gasteiger partial charge is 0.196 e. The predicted molar refractivity (Wildman–Crippen MR) is 86.6 cm³/mol. The average molecular weight is 361 g/mol. The Bertz CT molecular complexity index is 780. The van der Waals surface area contributed by atoms with Crippen molar-refractivity contribution in [3.05, 3.63) is 57.6 Å². The van der Waals surface area contributed by atoms with Crippen LogP contribution in [0, 0.1) is 0 Å². The number of carbonyl (C=O) groups is 1. The Balaban J connectivity index is 1.98. The Morgan fingerprint density at radius 1 is 1.27 bits per heavy atom. The van der Waals surface area contributed by atoms with Crippen LogP contribution in [0.2, 0.25) is 0 Å². The highest BCUT2D eigenvalue weighted by Crippen LogP contribution is 2.32. The maximum absolute atomic E-state index is 12.5. The molecule has 2 aromatic carbocycles. The number of phenolic OH excluding ortho intramolecular Hbond substituents is 1. The highest BCUT2D eigenvalue weighted by molar-refractivity contribution is 9.10. The normalized spacial score (nSPS) is 15.4. The maximum Gasteiger partial charge on any atom is 0.196 e. The SMILES string of the molecule is COc1cc(/C=C2\COc3ccc(Br)cc3C2=O)ccc1O. The summed E-state index contributed by atoms with van der Waals surface area (Å²) >= 11 is 3.36. The van der Waals surface area contributed by atoms with Gasteiger partial charge in [0.1, 0.15) is 12.4 Å². The zero-order valence-corrected chi connectivity index (χ0v) is 13.4. The molecule has 0 radical (unpaired) electrons. The van der Waals surface area contributed by atoms with E-state index in [9.17, 15) is 9.90 Å². The molecule has 0 spiro atoms. The van der Waals surface area contributed by atoms with Crippen molar-refractivity contribution in [2.24, 2.45) is 0 Å². The molecule has 0 fully saturated rings. The fourth-order valence-corrected chi connectivity index (χ4v) is 2.65. The van der Waals surface area contributed by atoms with Crippen LogP contribution in [0.3, 0.4) is 0 Å². The number of hydrogen-bond acceptors (Lipinski definition) is 4. The number of hydrogen-bond donors (Lipinski definition) is 1. The van der Waals surface area contributed by atoms with Crippen LogP contribution in [0.4, 0.5) is 0 Å². The summed E-state index contributed by atoms with van der Waals surface area (Å²) < 4.78 is 11.5. The van der Waals surface area contributed by atoms with Gasteiger partial charge in [0.15, 0.2) is 17.3 Å². The minimum absolute atomic E-state index is 0.0603. The van der Waals surface area contributed by atoms with E-state index in [4.69, 9.17) is 9.47 Å². The number of benzene rings is 2. The van der Waals surface area contributed by atoms with Gasteiger partial charge in [-0.05, 0) is 42.0 Å². The van der Waals surface area contributed by atoms with Crippen LogP contribution in [0.1, 0.15) is 15.9 Å². The van der Waals surface area contributed by atoms with Crippen LogP contribution in [0.25, 0.3) is 6.08 Å². The third kappa shape index (κ3) is 2.72. The monoisotopic (exact) mass is 360 g/mol. The number of phenols is 1. The van der Waals surface area contributed by atoms with E-state index in [1.807, 2.05) is 6.07 Å². The van der Waals surface area contributed by atoms with E-state index in [1.165, 1.54) is 13.2 Å². The van der Waals surface area contributed by atoms with Crippen molar-refractivity contribution in [2.45, 2.75) is 0 Å². The molecule has 0 amide bonds. The van der Waals surface area contributed by atoms with Crippen molar-refractivity contribution in [1.29, 1.82) is 0 Å². The second-order valence-electron chi connectivity index (χ2n) is 4.86. The van der Waals surface area contributed by atoms with Gasteiger partial charge >= 0.3 is 0 Å². The van der Waals surface area contributed by atoms with Crippen molar-refractivity contribution >= 4 is 27.8 Å². The highest BCUT2D eigenvalue weighted by atomic mass is 79.9. The topological polar surface area (TPSA) is 55.8 Å². The summed E-state index contributed by atoms with van der Waals surface area (Å²) in [6.07, 6.45) is 1.74. The van der Waals surface area contributed by atoms with Crippen LogP contribution in [-0.4, -0.2) is 24.6 Å². The van der Waals surface area contributed by atoms with Gasteiger partial charge in [-0.2, -0.15) is 0 Å². The van der Waals surface area contributed by atoms with Crippen molar-refractivity contribution in [3.63, 3.8) is 0 Å². The minimum atomic E-state index is -0.0606. The predicted octanol–water partition coefficient (Wildman–Crippen LogP) is 3.82. The van der Waals surface area contributed by atoms with Crippen molar-refractivity contribution in [2.75, 3.05) is 13.7 Å². The van der Waals surface area contributed by atoms with E-state index in [0.29, 0.717) is 22.6 Å². The van der Waals surface area contributed by atoms with Gasteiger partial charge in [-0.1, -0.05) is 22.0 Å². The molecule has 0 atom stereocenters. The van der Waals surface area contributed by atoms with Crippen molar-refractivity contribution in [1.82, 2.24) is 0 Å². The van der Waals surface area contributed by atoms with Crippen LogP contribution < -0.4 is 9.47 Å². The standard InChI is InChI=1S/C17H13BrO4/c1-21-16-7-10(2-4-14(16)19)6-11-9-22-15-5-3-12(18)8-13(15)17(11)20/h2-8,19H,9H2,1H3/b11-6+. The van der Waals surface area contributed by atoms with Gasteiger partial charge in [-0.3, -0.25) is 4.79 Å². The molecule has 2 aromatic rings. The Morgan fingerprint density at radius 2 is 2.09 bits per heavy atom. The van der Waals surface area contributed by atoms with Gasteiger partial charge in [0.25, 0.3) is 0 Å². The molecule has 1 N–H and O–H groups in total. The van der Waals surface area contributed by atoms with Crippen LogP contribution in [0.15, 0.2) is 46.4 Å². The fraction of sp³-hybridized carbons (Fsp3) is 0.118. The molecular weight excluding hydrogens is 348 g/mol. The van der Waals surface area contributed by atoms with Crippen molar-refractivity contribution in [3.8, 4) is 17.2 Å². The van der Waals surface area contributed by atoms with Crippen LogP contribution >= 0.6 is 15.9 Å². The number of rotatable bonds is 2. The highest BCUT2D eigenvalue weighted by Gasteiger charge is 2.23. The molecule has 0 aromatic heterocycles. The summed E-state index contributed by atoms with van der Waals surface area (Å²) in [5.74, 6) is 0.954. The molecule has 0 bridgehead atoms. The van der Waals surface area contributed by atoms with Gasteiger partial charge < -0.3 is 14.6 Å². The van der Waals surface area contributed by atoms with E-state index in [1.54, 1.807) is 30.3 Å². The average Bonchev–Trinajstić information content (AvgIpc) is 2.52. The fourth-order valence-electron chi connectivity index (χ4n) is 2.29. The largest absolute Gasteiger partial charge is 0.504 e. The Morgan fingerprint density at radius 3 is 2.86 bits per heavy atom. The quantitative estimate of drug-likeness (QED) is 0.827. The molecular formula is C17H13BrO4. The number of carbonyl (C=O) groups excluding carboxylic acids is 1. The van der Waals surface area contributed by atoms with Crippen molar-refractivity contribution < 1.29 is 19.4 Å². The third-order valence-electron chi connectivity index (χ3n) is 3.41. The lowest BCUT2D eigenvalue weighted by atomic mass is 9.98. The lowest BCUT2D eigenvalue weighted by Crippen LogP contribution is -2.19. The minimum Gasteiger partial charge on any atom is -0.504 e. The number of ketones is 1. The Labute approximate surface area is 136 Å². The molecule has 4 nitrogen and oxygen atoms in total. The van der Waals surface area contributed by atoms with E-state index in [-0.39, 0.29) is 18.1 Å². The molecule has 1 aliphatic heterocycles. The number of Topliss-reactive ketones (excluding diaryl/α,β-unsaturated/α-hetero) is 1. The summed E-state index contributed by atoms with van der Waals surface area (Å²) in [7, 11) is 1.48. The van der Waals surface area contributed by atoms with E-state index in [0.717, 1.165) is 10.0 Å². The molecule has 3 rings (SSSR count). The summed E-state index contributed by atoms with van der Waals surface area (Å²) in [5.41, 5.74) is 1.86. The second kappa shape index (κ2) is 5.85. The van der Waals surface area contributed by atoms with Gasteiger partial charge in [0.2, 0.25) is 0 Å². The summed E-state index contributed by atoms with van der Waals surface area (Å²) in [4.78, 5) is 12.5. The lowest BCUT2D eigenvalue weighted by Gasteiger charge is -2.19. The zero-order valence-electron chi connectivity index (χ0n) is 11.8. The first-order valence-corrected chi connectivity index (χ1v) is 7.42. The number of ether oxygens (including phenoxy) is 2. The van der Waals surface area contributed by atoms with Crippen LogP contribution in [-0.2, 0) is 0 Å². The number of aromatic hydroxyl groups is 1. The molecule has 22 heavy (non-hydrogen) atoms. The molecule has 0 unspecified atom stereocenters. The number of fused-ring (bicyclic) bond motifs is 1. The molecule has 0 saturated heterocycles. The Hall–Kier alpha value is -2.27.